The molecule has 4 unspecified atom stereocenters. The van der Waals surface area contributed by atoms with Crippen molar-refractivity contribution in [2.45, 2.75) is 71.5 Å². The van der Waals surface area contributed by atoms with E-state index < -0.39 is 24.1 Å². The number of carbonyl (C=O) groups is 4. The number of benzene rings is 3. The predicted molar refractivity (Wildman–Crippen MR) is 225 cm³/mol. The summed E-state index contributed by atoms with van der Waals surface area (Å²) in [7, 11) is 2.58. The Morgan fingerprint density at radius 2 is 1.36 bits per heavy atom. The lowest BCUT2D eigenvalue weighted by atomic mass is 9.93. The van der Waals surface area contributed by atoms with E-state index in [-0.39, 0.29) is 47.8 Å². The van der Waals surface area contributed by atoms with Crippen LogP contribution >= 0.6 is 0 Å². The molecule has 4 amide bonds. The number of fused-ring (bicyclic) bond motifs is 2. The van der Waals surface area contributed by atoms with Crippen LogP contribution in [0.3, 0.4) is 0 Å². The van der Waals surface area contributed by atoms with Crippen molar-refractivity contribution in [3.05, 3.63) is 88.7 Å². The number of amides is 4. The summed E-state index contributed by atoms with van der Waals surface area (Å²) in [5.41, 5.74) is 4.18. The van der Waals surface area contributed by atoms with Crippen molar-refractivity contribution in [2.75, 3.05) is 33.9 Å². The minimum atomic E-state index is -0.702. The monoisotopic (exact) mass is 803 g/mol. The van der Waals surface area contributed by atoms with Gasteiger partial charge in [0.1, 0.15) is 11.9 Å². The van der Waals surface area contributed by atoms with Crippen LogP contribution in [0.1, 0.15) is 77.0 Å². The molecule has 5 aromatic rings. The molecule has 4 N–H and O–H groups in total. The van der Waals surface area contributed by atoms with Crippen LogP contribution in [0.25, 0.3) is 43.9 Å². The normalized spacial score (nSPS) is 17.8. The quantitative estimate of drug-likeness (QED) is 0.110. The number of alkyl carbamates (subject to hydrolysis) is 2. The van der Waals surface area contributed by atoms with E-state index in [0.717, 1.165) is 64.2 Å². The summed E-state index contributed by atoms with van der Waals surface area (Å²) >= 11 is 0. The van der Waals surface area contributed by atoms with E-state index in [1.165, 1.54) is 14.2 Å². The number of hydrogen-bond donors (Lipinski definition) is 4. The van der Waals surface area contributed by atoms with Crippen LogP contribution in [0.2, 0.25) is 0 Å². The molecule has 0 spiro atoms. The maximum absolute atomic E-state index is 13.8. The summed E-state index contributed by atoms with van der Waals surface area (Å²) < 4.78 is 9.47. The van der Waals surface area contributed by atoms with Gasteiger partial charge in [-0.15, -0.1) is 0 Å². The topological polar surface area (TPSA) is 179 Å². The lowest BCUT2D eigenvalue weighted by Crippen LogP contribution is -2.51. The number of hydrogen-bond acceptors (Lipinski definition) is 8. The van der Waals surface area contributed by atoms with E-state index in [9.17, 15) is 24.0 Å². The third-order valence-electron chi connectivity index (χ3n) is 11.9. The number of rotatable bonds is 11. The van der Waals surface area contributed by atoms with Crippen LogP contribution in [0.15, 0.2) is 71.7 Å². The van der Waals surface area contributed by atoms with Gasteiger partial charge in [0.05, 0.1) is 44.1 Å². The minimum absolute atomic E-state index is 0.00621. The fourth-order valence-corrected chi connectivity index (χ4v) is 8.52. The fourth-order valence-electron chi connectivity index (χ4n) is 8.52. The van der Waals surface area contributed by atoms with Gasteiger partial charge in [0.15, 0.2) is 0 Å². The molecular weight excluding hydrogens is 751 g/mol. The Bertz CT molecular complexity index is 2440. The standard InChI is InChI=1S/C45H53N7O7/c1-25(2)34(23-47-44(56)58-5)42(54)51-17-7-9-37(51)35-22-31-15-13-30(21-33(31)41(53)49-35)28-11-12-29-20-32(16-14-27(29)19-28)36-24-46-40(48-36)38-10-8-18-52(38)43(55)39(26(3)4)50-45(57)59-6/h11-16,19-22,24-26,34,37-39H,7-10,17-18,23H2,1-6H3,(H,46,48)(H,47,56)(H,49,53)(H,50,57). The number of nitrogens with one attached hydrogen (secondary N) is 4. The molecule has 14 heteroatoms. The number of aromatic nitrogens is 3. The van der Waals surface area contributed by atoms with Gasteiger partial charge in [0.25, 0.3) is 5.56 Å². The van der Waals surface area contributed by atoms with Crippen molar-refractivity contribution in [2.24, 2.45) is 17.8 Å². The predicted octanol–water partition coefficient (Wildman–Crippen LogP) is 7.07. The van der Waals surface area contributed by atoms with Crippen molar-refractivity contribution in [3.8, 4) is 22.4 Å². The van der Waals surface area contributed by atoms with E-state index in [0.29, 0.717) is 30.0 Å². The van der Waals surface area contributed by atoms with Crippen molar-refractivity contribution in [1.29, 1.82) is 0 Å². The van der Waals surface area contributed by atoms with Crippen LogP contribution in [0, 0.1) is 17.8 Å². The highest BCUT2D eigenvalue weighted by atomic mass is 16.5. The highest BCUT2D eigenvalue weighted by molar-refractivity contribution is 5.93. The number of ether oxygens (including phenoxy) is 2. The Labute approximate surface area is 343 Å². The van der Waals surface area contributed by atoms with Crippen LogP contribution in [-0.2, 0) is 19.1 Å². The third kappa shape index (κ3) is 8.53. The number of imidazole rings is 1. The molecule has 7 rings (SSSR count). The lowest BCUT2D eigenvalue weighted by molar-refractivity contribution is -0.138. The lowest BCUT2D eigenvalue weighted by Gasteiger charge is -2.30. The smallest absolute Gasteiger partial charge is 0.407 e. The van der Waals surface area contributed by atoms with Crippen molar-refractivity contribution in [3.63, 3.8) is 0 Å². The second-order valence-electron chi connectivity index (χ2n) is 16.3. The molecule has 4 heterocycles. The molecule has 310 valence electrons. The second kappa shape index (κ2) is 17.4. The maximum atomic E-state index is 13.8. The molecule has 0 saturated carbocycles. The first kappa shape index (κ1) is 41.0. The molecule has 14 nitrogen and oxygen atoms in total. The SMILES string of the molecule is COC(=O)NCC(C(=O)N1CCCC1c1cc2ccc(-c3ccc4cc(-c5cnc(C6CCCN6C(=O)C(NC(=O)OC)C(C)C)[nH]5)ccc4c3)cc2c(=O)[nH]1)C(C)C. The molecule has 2 saturated heterocycles. The zero-order valence-corrected chi connectivity index (χ0v) is 34.5. The molecule has 59 heavy (non-hydrogen) atoms. The van der Waals surface area contributed by atoms with Gasteiger partial charge < -0.3 is 39.9 Å². The fraction of sp³-hybridized carbons (Fsp3) is 0.422. The first-order valence-electron chi connectivity index (χ1n) is 20.4. The van der Waals surface area contributed by atoms with Crippen molar-refractivity contribution < 1.29 is 28.7 Å². The Hall–Kier alpha value is -6.18. The summed E-state index contributed by atoms with van der Waals surface area (Å²) in [4.78, 5) is 79.6. The number of pyridine rings is 1. The Morgan fingerprint density at radius 3 is 2.02 bits per heavy atom. The first-order chi connectivity index (χ1) is 28.4. The molecule has 0 aliphatic carbocycles. The number of nitrogens with zero attached hydrogens (tertiary/aromatic N) is 3. The molecule has 0 radical (unpaired) electrons. The highest BCUT2D eigenvalue weighted by Gasteiger charge is 2.38. The van der Waals surface area contributed by atoms with Gasteiger partial charge in [-0.25, -0.2) is 14.6 Å². The van der Waals surface area contributed by atoms with E-state index in [1.807, 2.05) is 69.0 Å². The van der Waals surface area contributed by atoms with E-state index in [2.05, 4.69) is 44.9 Å². The van der Waals surface area contributed by atoms with Gasteiger partial charge >= 0.3 is 12.2 Å². The van der Waals surface area contributed by atoms with E-state index in [4.69, 9.17) is 14.5 Å². The largest absolute Gasteiger partial charge is 0.453 e. The van der Waals surface area contributed by atoms with Gasteiger partial charge in [0.2, 0.25) is 11.8 Å². The summed E-state index contributed by atoms with van der Waals surface area (Å²) in [5.74, 6) is -0.0452. The average molecular weight is 804 g/mol. The molecule has 0 bridgehead atoms. The van der Waals surface area contributed by atoms with Crippen LogP contribution < -0.4 is 16.2 Å². The zero-order valence-electron chi connectivity index (χ0n) is 34.5. The molecule has 4 atom stereocenters. The summed E-state index contributed by atoms with van der Waals surface area (Å²) in [6.07, 6.45) is 3.74. The summed E-state index contributed by atoms with van der Waals surface area (Å²) in [6.45, 7) is 9.04. The Kier molecular flexibility index (Phi) is 12.1. The number of aromatic amines is 2. The first-order valence-corrected chi connectivity index (χ1v) is 20.4. The van der Waals surface area contributed by atoms with Gasteiger partial charge in [-0.2, -0.15) is 0 Å². The Morgan fingerprint density at radius 1 is 0.746 bits per heavy atom. The molecular formula is C45H53N7O7. The number of H-pyrrole nitrogens is 2. The maximum Gasteiger partial charge on any atom is 0.407 e. The number of carbonyl (C=O) groups excluding carboxylic acids is 4. The van der Waals surface area contributed by atoms with Crippen LogP contribution in [-0.4, -0.2) is 88.6 Å². The molecule has 2 aliphatic rings. The molecule has 2 fully saturated rings. The minimum Gasteiger partial charge on any atom is -0.453 e. The van der Waals surface area contributed by atoms with Gasteiger partial charge in [-0.05, 0) is 89.1 Å². The molecule has 3 aromatic carbocycles. The van der Waals surface area contributed by atoms with Gasteiger partial charge in [0, 0.05) is 36.3 Å². The molecule has 2 aliphatic heterocycles. The highest BCUT2D eigenvalue weighted by Crippen LogP contribution is 2.36. The Balaban J connectivity index is 1.08. The van der Waals surface area contributed by atoms with Gasteiger partial charge in [-0.1, -0.05) is 64.1 Å². The zero-order chi connectivity index (χ0) is 42.0. The summed E-state index contributed by atoms with van der Waals surface area (Å²) in [6, 6.07) is 19.1. The van der Waals surface area contributed by atoms with Crippen LogP contribution in [0.4, 0.5) is 9.59 Å². The van der Waals surface area contributed by atoms with Crippen molar-refractivity contribution in [1.82, 2.24) is 35.4 Å². The van der Waals surface area contributed by atoms with Gasteiger partial charge in [-0.3, -0.25) is 14.4 Å². The number of likely N-dealkylation sites (tertiary alicyclic amines) is 2. The average Bonchev–Trinajstić information content (AvgIpc) is 4.03. The van der Waals surface area contributed by atoms with Crippen LogP contribution in [0.5, 0.6) is 0 Å². The van der Waals surface area contributed by atoms with Crippen molar-refractivity contribution >= 4 is 45.5 Å². The number of methoxy groups -OCH3 is 2. The molecule has 2 aromatic heterocycles. The van der Waals surface area contributed by atoms with E-state index >= 15 is 0 Å². The third-order valence-corrected chi connectivity index (χ3v) is 11.9. The second-order valence-corrected chi connectivity index (χ2v) is 16.3. The summed E-state index contributed by atoms with van der Waals surface area (Å²) in [5, 5.41) is 8.81. The van der Waals surface area contributed by atoms with E-state index in [1.54, 1.807) is 11.1 Å².